The van der Waals surface area contributed by atoms with Gasteiger partial charge < -0.3 is 20.1 Å². The normalized spacial score (nSPS) is 12.1. The molecule has 0 heterocycles. The third-order valence-corrected chi connectivity index (χ3v) is 3.31. The van der Waals surface area contributed by atoms with Gasteiger partial charge in [0.05, 0.1) is 6.42 Å². The lowest BCUT2D eigenvalue weighted by atomic mass is 10.0. The van der Waals surface area contributed by atoms with Crippen molar-refractivity contribution in [1.29, 1.82) is 0 Å². The van der Waals surface area contributed by atoms with Gasteiger partial charge in [0.1, 0.15) is 0 Å². The van der Waals surface area contributed by atoms with Crippen molar-refractivity contribution in [3.63, 3.8) is 0 Å². The van der Waals surface area contributed by atoms with Crippen molar-refractivity contribution in [3.05, 3.63) is 29.8 Å². The van der Waals surface area contributed by atoms with Gasteiger partial charge in [-0.15, -0.1) is 0 Å². The lowest BCUT2D eigenvalue weighted by Gasteiger charge is -2.18. The summed E-state index contributed by atoms with van der Waals surface area (Å²) in [5.74, 6) is -0.774. The molecular formula is C16H26N2O3. The molecule has 1 atom stereocenters. The third-order valence-electron chi connectivity index (χ3n) is 3.31. The van der Waals surface area contributed by atoms with E-state index in [1.165, 1.54) is 0 Å². The first-order valence-electron chi connectivity index (χ1n) is 7.23. The molecule has 5 nitrogen and oxygen atoms in total. The van der Waals surface area contributed by atoms with Crippen LogP contribution in [0.15, 0.2) is 24.3 Å². The van der Waals surface area contributed by atoms with Crippen molar-refractivity contribution in [1.82, 2.24) is 5.32 Å². The van der Waals surface area contributed by atoms with E-state index in [9.17, 15) is 4.79 Å². The molecule has 1 aromatic carbocycles. The van der Waals surface area contributed by atoms with E-state index in [1.54, 1.807) is 7.11 Å². The average molecular weight is 294 g/mol. The van der Waals surface area contributed by atoms with Gasteiger partial charge in [-0.2, -0.15) is 0 Å². The van der Waals surface area contributed by atoms with Gasteiger partial charge in [-0.05, 0) is 37.1 Å². The second-order valence-corrected chi connectivity index (χ2v) is 5.36. The number of hydrogen-bond donors (Lipinski definition) is 2. The number of anilines is 1. The first kappa shape index (κ1) is 17.5. The van der Waals surface area contributed by atoms with E-state index in [0.29, 0.717) is 13.0 Å². The summed E-state index contributed by atoms with van der Waals surface area (Å²) in [5.41, 5.74) is 2.28. The number of ether oxygens (including phenoxy) is 1. The van der Waals surface area contributed by atoms with Crippen molar-refractivity contribution < 1.29 is 14.6 Å². The number of nitrogens with zero attached hydrogens (tertiary/aromatic N) is 1. The zero-order valence-electron chi connectivity index (χ0n) is 13.1. The molecule has 1 rings (SSSR count). The van der Waals surface area contributed by atoms with E-state index in [2.05, 4.69) is 29.6 Å². The minimum Gasteiger partial charge on any atom is -0.481 e. The molecule has 0 aromatic heterocycles. The second-order valence-electron chi connectivity index (χ2n) is 5.36. The van der Waals surface area contributed by atoms with Crippen LogP contribution in [0.25, 0.3) is 0 Å². The van der Waals surface area contributed by atoms with Crippen LogP contribution < -0.4 is 10.2 Å². The Morgan fingerprint density at radius 1 is 1.33 bits per heavy atom. The molecule has 0 amide bonds. The molecule has 0 aliphatic heterocycles. The summed E-state index contributed by atoms with van der Waals surface area (Å²) in [6.45, 7) is 1.45. The van der Waals surface area contributed by atoms with Gasteiger partial charge in [0.15, 0.2) is 0 Å². The Kier molecular flexibility index (Phi) is 7.79. The van der Waals surface area contributed by atoms with Crippen molar-refractivity contribution in [2.45, 2.75) is 25.3 Å². The number of carboxylic acids is 1. The van der Waals surface area contributed by atoms with Crippen molar-refractivity contribution in [3.8, 4) is 0 Å². The fraction of sp³-hybridized carbons (Fsp3) is 0.562. The van der Waals surface area contributed by atoms with Crippen LogP contribution in [0.5, 0.6) is 0 Å². The largest absolute Gasteiger partial charge is 0.481 e. The minimum atomic E-state index is -0.774. The lowest BCUT2D eigenvalue weighted by molar-refractivity contribution is -0.137. The standard InChI is InChI=1S/C16H26N2O3/c1-18(2)15-7-5-13(6-8-15)11-14(12-16(19)20)17-9-4-10-21-3/h5-8,14,17H,4,9-12H2,1-3H3,(H,19,20). The Morgan fingerprint density at radius 2 is 2.00 bits per heavy atom. The number of benzene rings is 1. The molecule has 21 heavy (non-hydrogen) atoms. The number of carboxylic acid groups (broad SMARTS) is 1. The molecule has 0 bridgehead atoms. The Morgan fingerprint density at radius 3 is 2.52 bits per heavy atom. The van der Waals surface area contributed by atoms with Crippen LogP contribution in [0.2, 0.25) is 0 Å². The van der Waals surface area contributed by atoms with Crippen LogP contribution in [0.4, 0.5) is 5.69 Å². The molecule has 118 valence electrons. The molecule has 0 fully saturated rings. The minimum absolute atomic E-state index is 0.0513. The Bertz CT molecular complexity index is 418. The van der Waals surface area contributed by atoms with Crippen LogP contribution in [-0.2, 0) is 16.0 Å². The van der Waals surface area contributed by atoms with Gasteiger partial charge in [0.2, 0.25) is 0 Å². The lowest BCUT2D eigenvalue weighted by Crippen LogP contribution is -2.34. The average Bonchev–Trinajstić information content (AvgIpc) is 2.43. The number of carbonyl (C=O) groups is 1. The van der Waals surface area contributed by atoms with Gasteiger partial charge in [0, 0.05) is 39.5 Å². The van der Waals surface area contributed by atoms with Gasteiger partial charge in [-0.1, -0.05) is 12.1 Å². The van der Waals surface area contributed by atoms with Gasteiger partial charge in [0.25, 0.3) is 0 Å². The second kappa shape index (κ2) is 9.37. The maximum Gasteiger partial charge on any atom is 0.304 e. The zero-order chi connectivity index (χ0) is 15.7. The van der Waals surface area contributed by atoms with Crippen LogP contribution >= 0.6 is 0 Å². The van der Waals surface area contributed by atoms with Crippen molar-refractivity contribution >= 4 is 11.7 Å². The third kappa shape index (κ3) is 7.11. The maximum atomic E-state index is 11.0. The highest BCUT2D eigenvalue weighted by molar-refractivity contribution is 5.67. The highest BCUT2D eigenvalue weighted by atomic mass is 16.5. The summed E-state index contributed by atoms with van der Waals surface area (Å²) >= 11 is 0. The predicted molar refractivity (Wildman–Crippen MR) is 85.0 cm³/mol. The topological polar surface area (TPSA) is 61.8 Å². The quantitative estimate of drug-likeness (QED) is 0.644. The van der Waals surface area contributed by atoms with Gasteiger partial charge in [-0.25, -0.2) is 0 Å². The molecule has 0 spiro atoms. The molecule has 2 N–H and O–H groups in total. The molecule has 5 heteroatoms. The highest BCUT2D eigenvalue weighted by Gasteiger charge is 2.13. The fourth-order valence-electron chi connectivity index (χ4n) is 2.16. The number of methoxy groups -OCH3 is 1. The molecule has 0 saturated carbocycles. The van der Waals surface area contributed by atoms with Gasteiger partial charge in [-0.3, -0.25) is 4.79 Å². The van der Waals surface area contributed by atoms with Crippen LogP contribution in [0.1, 0.15) is 18.4 Å². The first-order chi connectivity index (χ1) is 10.0. The SMILES string of the molecule is COCCCNC(CC(=O)O)Cc1ccc(N(C)C)cc1. The predicted octanol–water partition coefficient (Wildman–Crippen LogP) is 1.76. The van der Waals surface area contributed by atoms with E-state index in [0.717, 1.165) is 24.2 Å². The van der Waals surface area contributed by atoms with Crippen LogP contribution in [-0.4, -0.2) is 51.5 Å². The summed E-state index contributed by atoms with van der Waals surface area (Å²) in [6, 6.07) is 8.17. The molecule has 0 aliphatic rings. The fourth-order valence-corrected chi connectivity index (χ4v) is 2.16. The summed E-state index contributed by atoms with van der Waals surface area (Å²) in [6.07, 6.45) is 1.72. The van der Waals surface area contributed by atoms with Crippen LogP contribution in [0.3, 0.4) is 0 Å². The summed E-state index contributed by atoms with van der Waals surface area (Å²) < 4.78 is 5.00. The summed E-state index contributed by atoms with van der Waals surface area (Å²) in [5, 5.41) is 12.3. The van der Waals surface area contributed by atoms with Gasteiger partial charge >= 0.3 is 5.97 Å². The van der Waals surface area contributed by atoms with E-state index in [1.807, 2.05) is 19.0 Å². The molecule has 1 aromatic rings. The smallest absolute Gasteiger partial charge is 0.304 e. The van der Waals surface area contributed by atoms with Crippen molar-refractivity contribution in [2.24, 2.45) is 0 Å². The molecule has 1 unspecified atom stereocenters. The van der Waals surface area contributed by atoms with E-state index in [4.69, 9.17) is 9.84 Å². The van der Waals surface area contributed by atoms with E-state index < -0.39 is 5.97 Å². The first-order valence-corrected chi connectivity index (χ1v) is 7.23. The molecule has 0 radical (unpaired) electrons. The Balaban J connectivity index is 2.55. The summed E-state index contributed by atoms with van der Waals surface area (Å²) in [7, 11) is 5.67. The Labute approximate surface area is 126 Å². The van der Waals surface area contributed by atoms with E-state index >= 15 is 0 Å². The highest BCUT2D eigenvalue weighted by Crippen LogP contribution is 2.14. The van der Waals surface area contributed by atoms with E-state index in [-0.39, 0.29) is 12.5 Å². The molecule has 0 saturated heterocycles. The molecular weight excluding hydrogens is 268 g/mol. The maximum absolute atomic E-state index is 11.0. The monoisotopic (exact) mass is 294 g/mol. The molecule has 0 aliphatic carbocycles. The number of rotatable bonds is 10. The summed E-state index contributed by atoms with van der Waals surface area (Å²) in [4.78, 5) is 13.0. The Hall–Kier alpha value is -1.59. The van der Waals surface area contributed by atoms with Crippen molar-refractivity contribution in [2.75, 3.05) is 39.3 Å². The number of hydrogen-bond acceptors (Lipinski definition) is 4. The number of nitrogens with one attached hydrogen (secondary N) is 1. The van der Waals surface area contributed by atoms with Crippen LogP contribution in [0, 0.1) is 0 Å². The number of aliphatic carboxylic acids is 1. The zero-order valence-corrected chi connectivity index (χ0v) is 13.1.